The summed E-state index contributed by atoms with van der Waals surface area (Å²) in [6.45, 7) is 4.61. The average Bonchev–Trinajstić information content (AvgIpc) is 2.89. The highest BCUT2D eigenvalue weighted by atomic mass is 14.8. The molecule has 0 saturated carbocycles. The number of fused-ring (bicyclic) bond motifs is 4. The molecule has 1 aliphatic rings. The fourth-order valence-electron chi connectivity index (χ4n) is 4.09. The molecule has 2 heteroatoms. The van der Waals surface area contributed by atoms with Crippen molar-refractivity contribution < 1.29 is 0 Å². The molecule has 0 radical (unpaired) electrons. The molecule has 0 fully saturated rings. The van der Waals surface area contributed by atoms with Gasteiger partial charge in [-0.1, -0.05) is 68.4 Å². The summed E-state index contributed by atoms with van der Waals surface area (Å²) >= 11 is 0. The van der Waals surface area contributed by atoms with Crippen LogP contribution in [0.3, 0.4) is 0 Å². The molecule has 1 aromatic heterocycles. The third-order valence-corrected chi connectivity index (χ3v) is 5.40. The largest absolute Gasteiger partial charge is 0.236 e. The molecule has 4 aromatic rings. The van der Waals surface area contributed by atoms with E-state index in [4.69, 9.17) is 0 Å². The predicted octanol–water partition coefficient (Wildman–Crippen LogP) is 5.60. The smallest absolute Gasteiger partial charge is 0.116 e. The van der Waals surface area contributed by atoms with Gasteiger partial charge in [0, 0.05) is 16.4 Å². The molecule has 0 unspecified atom stereocenters. The van der Waals surface area contributed by atoms with E-state index < -0.39 is 0 Å². The van der Waals surface area contributed by atoms with E-state index >= 15 is 0 Å². The summed E-state index contributed by atoms with van der Waals surface area (Å²) < 4.78 is 0. The molecule has 0 amide bonds. The summed E-state index contributed by atoms with van der Waals surface area (Å²) in [5.41, 5.74) is 8.59. The molecule has 3 aromatic carbocycles. The van der Waals surface area contributed by atoms with Gasteiger partial charge in [-0.15, -0.1) is 0 Å². The van der Waals surface area contributed by atoms with Gasteiger partial charge in [-0.05, 0) is 34.4 Å². The predicted molar refractivity (Wildman–Crippen MR) is 103 cm³/mol. The van der Waals surface area contributed by atoms with Crippen molar-refractivity contribution in [3.05, 3.63) is 84.2 Å². The zero-order chi connectivity index (χ0) is 17.0. The monoisotopic (exact) mass is 322 g/mol. The van der Waals surface area contributed by atoms with Gasteiger partial charge in [-0.3, -0.25) is 0 Å². The zero-order valence-corrected chi connectivity index (χ0v) is 14.3. The molecule has 25 heavy (non-hydrogen) atoms. The van der Waals surface area contributed by atoms with Crippen molar-refractivity contribution in [2.24, 2.45) is 0 Å². The molecule has 5 rings (SSSR count). The van der Waals surface area contributed by atoms with Crippen LogP contribution < -0.4 is 0 Å². The lowest BCUT2D eigenvalue weighted by molar-refractivity contribution is 0.660. The molecule has 0 bridgehead atoms. The lowest BCUT2D eigenvalue weighted by atomic mass is 9.82. The summed E-state index contributed by atoms with van der Waals surface area (Å²) in [7, 11) is 0. The molecular formula is C23H18N2. The van der Waals surface area contributed by atoms with Crippen LogP contribution in [0.4, 0.5) is 0 Å². The zero-order valence-electron chi connectivity index (χ0n) is 14.3. The van der Waals surface area contributed by atoms with Crippen LogP contribution in [0.2, 0.25) is 0 Å². The van der Waals surface area contributed by atoms with E-state index in [1.165, 1.54) is 22.3 Å². The Morgan fingerprint density at radius 3 is 2.40 bits per heavy atom. The topological polar surface area (TPSA) is 25.8 Å². The third-order valence-electron chi connectivity index (χ3n) is 5.40. The molecule has 1 heterocycles. The van der Waals surface area contributed by atoms with E-state index in [0.29, 0.717) is 0 Å². The third kappa shape index (κ3) is 1.97. The number of nitrogens with zero attached hydrogens (tertiary/aromatic N) is 2. The van der Waals surface area contributed by atoms with Gasteiger partial charge in [-0.25, -0.2) is 9.97 Å². The van der Waals surface area contributed by atoms with Crippen molar-refractivity contribution >= 4 is 10.9 Å². The van der Waals surface area contributed by atoms with Crippen LogP contribution in [-0.2, 0) is 5.41 Å². The van der Waals surface area contributed by atoms with Crippen LogP contribution in [0.1, 0.15) is 25.0 Å². The highest BCUT2D eigenvalue weighted by molar-refractivity contribution is 5.93. The van der Waals surface area contributed by atoms with Gasteiger partial charge in [0.05, 0.1) is 11.2 Å². The van der Waals surface area contributed by atoms with Gasteiger partial charge in [0.2, 0.25) is 0 Å². The van der Waals surface area contributed by atoms with E-state index in [-0.39, 0.29) is 5.41 Å². The maximum atomic E-state index is 4.59. The Hall–Kier alpha value is -3.00. The van der Waals surface area contributed by atoms with Crippen LogP contribution in [0.25, 0.3) is 33.3 Å². The number of hydrogen-bond acceptors (Lipinski definition) is 2. The summed E-state index contributed by atoms with van der Waals surface area (Å²) in [5, 5.41) is 1.10. The molecule has 0 atom stereocenters. The number of hydrogen-bond donors (Lipinski definition) is 0. The van der Waals surface area contributed by atoms with Crippen LogP contribution in [0.5, 0.6) is 0 Å². The molecule has 0 saturated heterocycles. The highest BCUT2D eigenvalue weighted by Gasteiger charge is 2.35. The van der Waals surface area contributed by atoms with Gasteiger partial charge >= 0.3 is 0 Å². The second-order valence-corrected chi connectivity index (χ2v) is 7.17. The first-order chi connectivity index (χ1) is 12.2. The maximum Gasteiger partial charge on any atom is 0.116 e. The van der Waals surface area contributed by atoms with Crippen LogP contribution in [-0.4, -0.2) is 9.97 Å². The minimum Gasteiger partial charge on any atom is -0.236 e. The van der Waals surface area contributed by atoms with E-state index in [9.17, 15) is 0 Å². The van der Waals surface area contributed by atoms with Gasteiger partial charge in [0.15, 0.2) is 0 Å². The maximum absolute atomic E-state index is 4.59. The number of para-hydroxylation sites is 1. The minimum atomic E-state index is 0.00473. The summed E-state index contributed by atoms with van der Waals surface area (Å²) in [6, 6.07) is 23.7. The van der Waals surface area contributed by atoms with E-state index in [1.807, 2.05) is 18.2 Å². The first-order valence-corrected chi connectivity index (χ1v) is 8.61. The second kappa shape index (κ2) is 5.00. The van der Waals surface area contributed by atoms with Crippen molar-refractivity contribution in [1.29, 1.82) is 0 Å². The van der Waals surface area contributed by atoms with Crippen molar-refractivity contribution in [2.45, 2.75) is 19.3 Å². The Morgan fingerprint density at radius 1 is 0.720 bits per heavy atom. The van der Waals surface area contributed by atoms with Crippen LogP contribution in [0, 0.1) is 0 Å². The lowest BCUT2D eigenvalue weighted by Gasteiger charge is -2.22. The first kappa shape index (κ1) is 14.4. The molecule has 2 nitrogen and oxygen atoms in total. The standard InChI is InChI=1S/C23H18N2/c1-23(2)19-9-5-3-7-16(19)17-12-11-15(13-20(17)23)22-18-8-4-6-10-21(18)24-14-25-22/h3-14H,1-2H3. The normalized spacial score (nSPS) is 14.3. The van der Waals surface area contributed by atoms with Gasteiger partial charge in [-0.2, -0.15) is 0 Å². The summed E-state index contributed by atoms with van der Waals surface area (Å²) in [4.78, 5) is 8.98. The Balaban J connectivity index is 1.76. The Morgan fingerprint density at radius 2 is 1.48 bits per heavy atom. The van der Waals surface area contributed by atoms with Gasteiger partial charge < -0.3 is 0 Å². The minimum absolute atomic E-state index is 0.00473. The average molecular weight is 322 g/mol. The van der Waals surface area contributed by atoms with Gasteiger partial charge in [0.1, 0.15) is 6.33 Å². The first-order valence-electron chi connectivity index (χ1n) is 8.61. The fourth-order valence-corrected chi connectivity index (χ4v) is 4.09. The number of benzene rings is 3. The molecule has 0 N–H and O–H groups in total. The number of aromatic nitrogens is 2. The lowest BCUT2D eigenvalue weighted by Crippen LogP contribution is -2.14. The van der Waals surface area contributed by atoms with Crippen LogP contribution >= 0.6 is 0 Å². The Bertz CT molecular complexity index is 1120. The Kier molecular flexibility index (Phi) is 2.87. The molecule has 1 aliphatic carbocycles. The molecule has 0 aliphatic heterocycles. The van der Waals surface area contributed by atoms with Crippen LogP contribution in [0.15, 0.2) is 73.1 Å². The quantitative estimate of drug-likeness (QED) is 0.455. The Labute approximate surface area is 147 Å². The number of rotatable bonds is 1. The van der Waals surface area contributed by atoms with Gasteiger partial charge in [0.25, 0.3) is 0 Å². The molecule has 0 spiro atoms. The highest BCUT2D eigenvalue weighted by Crippen LogP contribution is 2.49. The van der Waals surface area contributed by atoms with E-state index in [0.717, 1.165) is 22.2 Å². The van der Waals surface area contributed by atoms with Crippen molar-refractivity contribution in [3.8, 4) is 22.4 Å². The fraction of sp³-hybridized carbons (Fsp3) is 0.130. The second-order valence-electron chi connectivity index (χ2n) is 7.17. The summed E-state index contributed by atoms with van der Waals surface area (Å²) in [5.74, 6) is 0. The molecular weight excluding hydrogens is 304 g/mol. The van der Waals surface area contributed by atoms with E-state index in [2.05, 4.69) is 72.3 Å². The van der Waals surface area contributed by atoms with Crippen molar-refractivity contribution in [3.63, 3.8) is 0 Å². The molecule has 120 valence electrons. The SMILES string of the molecule is CC1(C)c2ccccc2-c2ccc(-c3ncnc4ccccc34)cc21. The van der Waals surface area contributed by atoms with Crippen molar-refractivity contribution in [2.75, 3.05) is 0 Å². The van der Waals surface area contributed by atoms with E-state index in [1.54, 1.807) is 6.33 Å². The van der Waals surface area contributed by atoms with Crippen molar-refractivity contribution in [1.82, 2.24) is 9.97 Å². The summed E-state index contributed by atoms with van der Waals surface area (Å²) in [6.07, 6.45) is 1.66.